The Labute approximate surface area is 164 Å². The van der Waals surface area contributed by atoms with Crippen molar-refractivity contribution in [1.82, 2.24) is 0 Å². The zero-order valence-corrected chi connectivity index (χ0v) is 15.0. The highest BCUT2D eigenvalue weighted by atomic mass is 35.5. The van der Waals surface area contributed by atoms with Crippen molar-refractivity contribution in [1.29, 1.82) is 0 Å². The zero-order chi connectivity index (χ0) is 19.4. The second-order valence-electron chi connectivity index (χ2n) is 6.37. The lowest BCUT2D eigenvalue weighted by atomic mass is 10.1. The molecule has 0 saturated heterocycles. The number of nitrogens with one attached hydrogen (secondary N) is 1. The standard InChI is InChI=1S/C21H11ClN2O4/c22-11-5-7-18-16(9-11)23-19(25)15-10-12(6-8-17(15)28-18)24-20(26)13-3-1-2-4-14(13)21(24)27/h1-10H,(H,23,25). The summed E-state index contributed by atoms with van der Waals surface area (Å²) in [5.41, 5.74) is 1.63. The van der Waals surface area contributed by atoms with Crippen LogP contribution in [0.3, 0.4) is 0 Å². The van der Waals surface area contributed by atoms with Crippen molar-refractivity contribution in [2.24, 2.45) is 0 Å². The Morgan fingerprint density at radius 1 is 0.786 bits per heavy atom. The van der Waals surface area contributed by atoms with E-state index in [0.29, 0.717) is 39.0 Å². The topological polar surface area (TPSA) is 75.7 Å². The van der Waals surface area contributed by atoms with Gasteiger partial charge in [0.05, 0.1) is 28.1 Å². The maximum Gasteiger partial charge on any atom is 0.266 e. The van der Waals surface area contributed by atoms with Crippen LogP contribution in [0.2, 0.25) is 5.02 Å². The molecule has 2 heterocycles. The highest BCUT2D eigenvalue weighted by Gasteiger charge is 2.37. The smallest absolute Gasteiger partial charge is 0.266 e. The van der Waals surface area contributed by atoms with E-state index >= 15 is 0 Å². The number of fused-ring (bicyclic) bond motifs is 3. The van der Waals surface area contributed by atoms with Gasteiger partial charge in [-0.2, -0.15) is 0 Å². The number of rotatable bonds is 1. The molecule has 3 aromatic rings. The molecule has 0 atom stereocenters. The molecule has 6 nitrogen and oxygen atoms in total. The summed E-state index contributed by atoms with van der Waals surface area (Å²) in [6.45, 7) is 0. The SMILES string of the molecule is O=C1Nc2cc(Cl)ccc2Oc2ccc(N3C(=O)c4ccccc4C3=O)cc21. The number of hydrogen-bond donors (Lipinski definition) is 1. The van der Waals surface area contributed by atoms with Gasteiger partial charge in [-0.1, -0.05) is 23.7 Å². The summed E-state index contributed by atoms with van der Waals surface area (Å²) >= 11 is 5.99. The summed E-state index contributed by atoms with van der Waals surface area (Å²) in [5, 5.41) is 3.20. The van der Waals surface area contributed by atoms with Crippen LogP contribution in [0.1, 0.15) is 31.1 Å². The molecule has 136 valence electrons. The fourth-order valence-electron chi connectivity index (χ4n) is 3.34. The minimum Gasteiger partial charge on any atom is -0.454 e. The quantitative estimate of drug-likeness (QED) is 0.621. The number of carbonyl (C=O) groups excluding carboxylic acids is 3. The number of ether oxygens (including phenoxy) is 1. The minimum atomic E-state index is -0.425. The molecular formula is C21H11ClN2O4. The molecule has 0 aliphatic carbocycles. The van der Waals surface area contributed by atoms with Crippen molar-refractivity contribution in [2.75, 3.05) is 10.2 Å². The summed E-state index contributed by atoms with van der Waals surface area (Å²) < 4.78 is 5.83. The molecule has 2 aliphatic rings. The van der Waals surface area contributed by atoms with Gasteiger partial charge in [-0.05, 0) is 48.5 Å². The fraction of sp³-hybridized carbons (Fsp3) is 0. The Morgan fingerprint density at radius 3 is 2.18 bits per heavy atom. The average Bonchev–Trinajstić information content (AvgIpc) is 2.86. The number of imide groups is 1. The molecule has 0 spiro atoms. The average molecular weight is 391 g/mol. The fourth-order valence-corrected chi connectivity index (χ4v) is 3.52. The first kappa shape index (κ1) is 16.5. The molecule has 1 N–H and O–H groups in total. The van der Waals surface area contributed by atoms with Crippen LogP contribution >= 0.6 is 11.6 Å². The third-order valence-electron chi connectivity index (χ3n) is 4.67. The Hall–Kier alpha value is -3.64. The van der Waals surface area contributed by atoms with Gasteiger partial charge in [0.2, 0.25) is 0 Å². The molecule has 3 amide bonds. The number of carbonyl (C=O) groups is 3. The molecule has 0 radical (unpaired) electrons. The van der Waals surface area contributed by atoms with Crippen LogP contribution in [0.15, 0.2) is 60.7 Å². The van der Waals surface area contributed by atoms with E-state index in [1.54, 1.807) is 54.6 Å². The van der Waals surface area contributed by atoms with E-state index in [9.17, 15) is 14.4 Å². The summed E-state index contributed by atoms with van der Waals surface area (Å²) in [5.74, 6) is -0.505. The number of hydrogen-bond acceptors (Lipinski definition) is 4. The maximum atomic E-state index is 12.7. The van der Waals surface area contributed by atoms with Gasteiger partial charge >= 0.3 is 0 Å². The number of halogens is 1. The van der Waals surface area contributed by atoms with Gasteiger partial charge in [-0.3, -0.25) is 14.4 Å². The third kappa shape index (κ3) is 2.39. The molecule has 28 heavy (non-hydrogen) atoms. The van der Waals surface area contributed by atoms with E-state index in [1.165, 1.54) is 6.07 Å². The molecular weight excluding hydrogens is 380 g/mol. The molecule has 2 aliphatic heterocycles. The largest absolute Gasteiger partial charge is 0.454 e. The lowest BCUT2D eigenvalue weighted by molar-refractivity contribution is 0.0924. The van der Waals surface area contributed by atoms with Crippen LogP contribution < -0.4 is 15.0 Å². The van der Waals surface area contributed by atoms with Gasteiger partial charge in [0.25, 0.3) is 17.7 Å². The normalized spacial score (nSPS) is 14.6. The van der Waals surface area contributed by atoms with Crippen LogP contribution in [0, 0.1) is 0 Å². The van der Waals surface area contributed by atoms with E-state index in [2.05, 4.69) is 5.32 Å². The van der Waals surface area contributed by atoms with Crippen molar-refractivity contribution in [2.45, 2.75) is 0 Å². The Kier molecular flexibility index (Phi) is 3.50. The lowest BCUT2D eigenvalue weighted by Gasteiger charge is -2.16. The molecule has 0 saturated carbocycles. The zero-order valence-electron chi connectivity index (χ0n) is 14.2. The van der Waals surface area contributed by atoms with Gasteiger partial charge in [0, 0.05) is 5.02 Å². The van der Waals surface area contributed by atoms with E-state index in [-0.39, 0.29) is 5.56 Å². The van der Waals surface area contributed by atoms with Gasteiger partial charge in [-0.25, -0.2) is 4.90 Å². The van der Waals surface area contributed by atoms with Crippen molar-refractivity contribution in [3.05, 3.63) is 82.4 Å². The molecule has 7 heteroatoms. The van der Waals surface area contributed by atoms with Gasteiger partial charge in [0.1, 0.15) is 5.75 Å². The Morgan fingerprint density at radius 2 is 1.46 bits per heavy atom. The van der Waals surface area contributed by atoms with Crippen molar-refractivity contribution >= 4 is 40.7 Å². The Balaban J connectivity index is 1.57. The van der Waals surface area contributed by atoms with E-state index in [4.69, 9.17) is 16.3 Å². The van der Waals surface area contributed by atoms with Crippen molar-refractivity contribution in [3.8, 4) is 11.5 Å². The third-order valence-corrected chi connectivity index (χ3v) is 4.90. The second kappa shape index (κ2) is 5.94. The highest BCUT2D eigenvalue weighted by Crippen LogP contribution is 2.39. The van der Waals surface area contributed by atoms with Crippen molar-refractivity contribution < 1.29 is 19.1 Å². The molecule has 0 aromatic heterocycles. The lowest BCUT2D eigenvalue weighted by Crippen LogP contribution is -2.29. The van der Waals surface area contributed by atoms with E-state index in [0.717, 1.165) is 4.90 Å². The number of anilines is 2. The van der Waals surface area contributed by atoms with Gasteiger partial charge in [0.15, 0.2) is 5.75 Å². The van der Waals surface area contributed by atoms with Crippen LogP contribution in [-0.2, 0) is 0 Å². The first-order valence-electron chi connectivity index (χ1n) is 8.43. The molecule has 5 rings (SSSR count). The molecule has 0 fully saturated rings. The summed E-state index contributed by atoms with van der Waals surface area (Å²) in [7, 11) is 0. The summed E-state index contributed by atoms with van der Waals surface area (Å²) in [6.07, 6.45) is 0. The number of benzene rings is 3. The van der Waals surface area contributed by atoms with Crippen LogP contribution in [0.4, 0.5) is 11.4 Å². The number of amides is 3. The van der Waals surface area contributed by atoms with Crippen LogP contribution in [0.5, 0.6) is 11.5 Å². The molecule has 3 aromatic carbocycles. The van der Waals surface area contributed by atoms with Gasteiger partial charge in [-0.15, -0.1) is 0 Å². The molecule has 0 bridgehead atoms. The number of nitrogens with zero attached hydrogens (tertiary/aromatic N) is 1. The predicted octanol–water partition coefficient (Wildman–Crippen LogP) is 4.50. The van der Waals surface area contributed by atoms with Crippen LogP contribution in [0.25, 0.3) is 0 Å². The van der Waals surface area contributed by atoms with E-state index in [1.807, 2.05) is 0 Å². The highest BCUT2D eigenvalue weighted by molar-refractivity contribution is 6.34. The monoisotopic (exact) mass is 390 g/mol. The first-order valence-corrected chi connectivity index (χ1v) is 8.81. The summed E-state index contributed by atoms with van der Waals surface area (Å²) in [4.78, 5) is 39.2. The summed E-state index contributed by atoms with van der Waals surface area (Å²) in [6, 6.07) is 16.1. The second-order valence-corrected chi connectivity index (χ2v) is 6.80. The first-order chi connectivity index (χ1) is 13.5. The van der Waals surface area contributed by atoms with Crippen molar-refractivity contribution in [3.63, 3.8) is 0 Å². The van der Waals surface area contributed by atoms with Crippen LogP contribution in [-0.4, -0.2) is 17.7 Å². The van der Waals surface area contributed by atoms with Gasteiger partial charge < -0.3 is 10.1 Å². The van der Waals surface area contributed by atoms with E-state index < -0.39 is 17.7 Å². The Bertz CT molecular complexity index is 1170. The minimum absolute atomic E-state index is 0.210. The molecule has 0 unspecified atom stereocenters. The maximum absolute atomic E-state index is 12.7. The predicted molar refractivity (Wildman–Crippen MR) is 104 cm³/mol.